The molecule has 8 heteroatoms. The molecular formula is C21H31N5O3. The number of guanidine groups is 1. The van der Waals surface area contributed by atoms with Crippen molar-refractivity contribution >= 4 is 18.0 Å². The first kappa shape index (κ1) is 21.0. The third kappa shape index (κ3) is 6.37. The molecule has 0 saturated carbocycles. The van der Waals surface area contributed by atoms with Crippen molar-refractivity contribution in [3.63, 3.8) is 0 Å². The average Bonchev–Trinajstić information content (AvgIpc) is 2.91. The van der Waals surface area contributed by atoms with Gasteiger partial charge in [0.25, 0.3) is 0 Å². The predicted molar refractivity (Wildman–Crippen MR) is 112 cm³/mol. The number of carbonyl (C=O) groups excluding carboxylic acids is 1. The SMILES string of the molecule is O=C(O)CC1CCN(C(=O)NCCCCNC2=NCCCN2)Cc2ccccc21. The van der Waals surface area contributed by atoms with Gasteiger partial charge in [0.2, 0.25) is 0 Å². The largest absolute Gasteiger partial charge is 0.481 e. The van der Waals surface area contributed by atoms with Crippen LogP contribution in [-0.4, -0.2) is 60.7 Å². The number of nitrogens with zero attached hydrogens (tertiary/aromatic N) is 2. The number of fused-ring (bicyclic) bond motifs is 1. The van der Waals surface area contributed by atoms with E-state index in [1.807, 2.05) is 24.3 Å². The number of rotatable bonds is 7. The number of carbonyl (C=O) groups is 2. The molecule has 2 heterocycles. The molecule has 4 N–H and O–H groups in total. The number of aliphatic carboxylic acids is 1. The Bertz CT molecular complexity index is 737. The van der Waals surface area contributed by atoms with Gasteiger partial charge in [0.15, 0.2) is 5.96 Å². The maximum Gasteiger partial charge on any atom is 0.317 e. The van der Waals surface area contributed by atoms with Gasteiger partial charge in [-0.2, -0.15) is 0 Å². The first-order valence-electron chi connectivity index (χ1n) is 10.5. The molecule has 3 rings (SSSR count). The smallest absolute Gasteiger partial charge is 0.317 e. The van der Waals surface area contributed by atoms with Crippen molar-refractivity contribution in [2.24, 2.45) is 4.99 Å². The van der Waals surface area contributed by atoms with E-state index in [1.54, 1.807) is 4.90 Å². The molecule has 2 amide bonds. The molecule has 0 radical (unpaired) electrons. The van der Waals surface area contributed by atoms with Gasteiger partial charge in [0.1, 0.15) is 0 Å². The summed E-state index contributed by atoms with van der Waals surface area (Å²) >= 11 is 0. The summed E-state index contributed by atoms with van der Waals surface area (Å²) in [5.74, 6) is 0.0222. The lowest BCUT2D eigenvalue weighted by Crippen LogP contribution is -2.41. The van der Waals surface area contributed by atoms with E-state index in [9.17, 15) is 14.7 Å². The van der Waals surface area contributed by atoms with Crippen LogP contribution in [0.4, 0.5) is 4.79 Å². The van der Waals surface area contributed by atoms with E-state index in [2.05, 4.69) is 20.9 Å². The number of carboxylic acids is 1. The van der Waals surface area contributed by atoms with Crippen LogP contribution in [0.25, 0.3) is 0 Å². The fourth-order valence-electron chi connectivity index (χ4n) is 3.84. The van der Waals surface area contributed by atoms with Crippen molar-refractivity contribution < 1.29 is 14.7 Å². The molecule has 29 heavy (non-hydrogen) atoms. The summed E-state index contributed by atoms with van der Waals surface area (Å²) in [5, 5.41) is 18.7. The molecule has 0 bridgehead atoms. The molecule has 1 aromatic rings. The standard InChI is InChI=1S/C21H31N5O3/c27-19(28)14-16-8-13-26(15-17-6-1-2-7-18(16)17)21(29)25-10-4-3-9-22-20-23-11-5-12-24-20/h1-2,6-7,16H,3-5,8-15H2,(H,25,29)(H,27,28)(H2,22,23,24). The highest BCUT2D eigenvalue weighted by molar-refractivity contribution is 5.80. The summed E-state index contributed by atoms with van der Waals surface area (Å²) in [6.07, 6.45) is 3.67. The fourth-order valence-corrected chi connectivity index (χ4v) is 3.84. The molecule has 1 aromatic carbocycles. The highest BCUT2D eigenvalue weighted by atomic mass is 16.4. The van der Waals surface area contributed by atoms with Crippen molar-refractivity contribution in [3.05, 3.63) is 35.4 Å². The lowest BCUT2D eigenvalue weighted by Gasteiger charge is -2.21. The first-order chi connectivity index (χ1) is 14.1. The second kappa shape index (κ2) is 10.7. The summed E-state index contributed by atoms with van der Waals surface area (Å²) in [6.45, 7) is 4.37. The van der Waals surface area contributed by atoms with E-state index in [4.69, 9.17) is 0 Å². The monoisotopic (exact) mass is 401 g/mol. The van der Waals surface area contributed by atoms with Gasteiger partial charge in [-0.05, 0) is 42.7 Å². The quantitative estimate of drug-likeness (QED) is 0.522. The molecule has 2 aliphatic rings. The highest BCUT2D eigenvalue weighted by Gasteiger charge is 2.26. The molecule has 1 unspecified atom stereocenters. The van der Waals surface area contributed by atoms with Crippen LogP contribution in [0, 0.1) is 0 Å². The van der Waals surface area contributed by atoms with Crippen molar-refractivity contribution in [2.45, 2.75) is 44.6 Å². The van der Waals surface area contributed by atoms with E-state index in [0.717, 1.165) is 56.0 Å². The van der Waals surface area contributed by atoms with E-state index in [0.29, 0.717) is 26.1 Å². The second-order valence-electron chi connectivity index (χ2n) is 7.58. The summed E-state index contributed by atoms with van der Waals surface area (Å²) in [5.41, 5.74) is 2.09. The zero-order chi connectivity index (χ0) is 20.5. The van der Waals surface area contributed by atoms with Gasteiger partial charge in [-0.3, -0.25) is 9.79 Å². The molecular weight excluding hydrogens is 370 g/mol. The zero-order valence-corrected chi connectivity index (χ0v) is 16.8. The molecule has 8 nitrogen and oxygen atoms in total. The number of nitrogens with one attached hydrogen (secondary N) is 3. The second-order valence-corrected chi connectivity index (χ2v) is 7.58. The number of carboxylic acid groups (broad SMARTS) is 1. The maximum absolute atomic E-state index is 12.6. The Labute approximate surface area is 171 Å². The van der Waals surface area contributed by atoms with E-state index in [-0.39, 0.29) is 18.4 Å². The minimum atomic E-state index is -0.800. The van der Waals surface area contributed by atoms with Gasteiger partial charge < -0.3 is 26.0 Å². The summed E-state index contributed by atoms with van der Waals surface area (Å²) in [7, 11) is 0. The van der Waals surface area contributed by atoms with E-state index in [1.165, 1.54) is 0 Å². The van der Waals surface area contributed by atoms with Crippen LogP contribution in [0.3, 0.4) is 0 Å². The maximum atomic E-state index is 12.6. The summed E-state index contributed by atoms with van der Waals surface area (Å²) < 4.78 is 0. The molecule has 158 valence electrons. The van der Waals surface area contributed by atoms with Crippen LogP contribution in [0.5, 0.6) is 0 Å². The molecule has 0 spiro atoms. The summed E-state index contributed by atoms with van der Waals surface area (Å²) in [4.78, 5) is 30.0. The van der Waals surface area contributed by atoms with Gasteiger partial charge in [0, 0.05) is 39.3 Å². The lowest BCUT2D eigenvalue weighted by atomic mass is 9.90. The molecule has 1 atom stereocenters. The predicted octanol–water partition coefficient (Wildman–Crippen LogP) is 1.88. The first-order valence-corrected chi connectivity index (χ1v) is 10.5. The molecule has 0 aliphatic carbocycles. The molecule has 0 fully saturated rings. The highest BCUT2D eigenvalue weighted by Crippen LogP contribution is 2.31. The number of hydrogen-bond acceptors (Lipinski definition) is 5. The number of aliphatic imine (C=N–C) groups is 1. The Kier molecular flexibility index (Phi) is 7.72. The van der Waals surface area contributed by atoms with Crippen molar-refractivity contribution in [3.8, 4) is 0 Å². The van der Waals surface area contributed by atoms with Crippen molar-refractivity contribution in [2.75, 3.05) is 32.7 Å². The van der Waals surface area contributed by atoms with Gasteiger partial charge in [-0.1, -0.05) is 24.3 Å². The molecule has 2 aliphatic heterocycles. The van der Waals surface area contributed by atoms with Crippen LogP contribution in [0.15, 0.2) is 29.3 Å². The Hall–Kier alpha value is -2.77. The molecule has 0 aromatic heterocycles. The van der Waals surface area contributed by atoms with E-state index < -0.39 is 5.97 Å². The zero-order valence-electron chi connectivity index (χ0n) is 16.8. The third-order valence-corrected chi connectivity index (χ3v) is 5.38. The van der Waals surface area contributed by atoms with E-state index >= 15 is 0 Å². The lowest BCUT2D eigenvalue weighted by molar-refractivity contribution is -0.137. The third-order valence-electron chi connectivity index (χ3n) is 5.38. The van der Waals surface area contributed by atoms with Crippen LogP contribution in [0.1, 0.15) is 49.1 Å². The van der Waals surface area contributed by atoms with Crippen LogP contribution in [-0.2, 0) is 11.3 Å². The fraction of sp³-hybridized carbons (Fsp3) is 0.571. The number of amides is 2. The van der Waals surface area contributed by atoms with Gasteiger partial charge >= 0.3 is 12.0 Å². The van der Waals surface area contributed by atoms with Crippen molar-refractivity contribution in [1.29, 1.82) is 0 Å². The van der Waals surface area contributed by atoms with Crippen molar-refractivity contribution in [1.82, 2.24) is 20.9 Å². The number of unbranched alkanes of at least 4 members (excludes halogenated alkanes) is 1. The number of hydrogen-bond donors (Lipinski definition) is 4. The number of benzene rings is 1. The average molecular weight is 402 g/mol. The van der Waals surface area contributed by atoms with Crippen LogP contribution in [0.2, 0.25) is 0 Å². The number of urea groups is 1. The Morgan fingerprint density at radius 3 is 2.86 bits per heavy atom. The minimum absolute atomic E-state index is 0.0520. The van der Waals surface area contributed by atoms with Crippen LogP contribution >= 0.6 is 0 Å². The normalized spacial score (nSPS) is 18.7. The minimum Gasteiger partial charge on any atom is -0.481 e. The molecule has 0 saturated heterocycles. The summed E-state index contributed by atoms with van der Waals surface area (Å²) in [6, 6.07) is 7.77. The van der Waals surface area contributed by atoms with Crippen LogP contribution < -0.4 is 16.0 Å². The Morgan fingerprint density at radius 1 is 1.24 bits per heavy atom. The topological polar surface area (TPSA) is 106 Å². The Balaban J connectivity index is 1.42. The Morgan fingerprint density at radius 2 is 2.07 bits per heavy atom. The van der Waals surface area contributed by atoms with Gasteiger partial charge in [0.05, 0.1) is 6.42 Å². The van der Waals surface area contributed by atoms with Gasteiger partial charge in [-0.25, -0.2) is 4.79 Å². The van der Waals surface area contributed by atoms with Gasteiger partial charge in [-0.15, -0.1) is 0 Å².